The van der Waals surface area contributed by atoms with E-state index in [0.717, 1.165) is 15.9 Å². The highest BCUT2D eigenvalue weighted by atomic mass is 16.6. The van der Waals surface area contributed by atoms with Gasteiger partial charge in [-0.25, -0.2) is 9.78 Å². The van der Waals surface area contributed by atoms with E-state index in [1.165, 1.54) is 0 Å². The Kier molecular flexibility index (Phi) is 5.39. The highest BCUT2D eigenvalue weighted by Crippen LogP contribution is 2.18. The van der Waals surface area contributed by atoms with Gasteiger partial charge < -0.3 is 19.7 Å². The van der Waals surface area contributed by atoms with Crippen LogP contribution in [0.5, 0.6) is 0 Å². The van der Waals surface area contributed by atoms with Gasteiger partial charge in [-0.1, -0.05) is 12.1 Å². The van der Waals surface area contributed by atoms with Gasteiger partial charge in [0.1, 0.15) is 18.2 Å². The number of carbonyl (C=O) groups excluding carboxylic acids is 1. The Balaban J connectivity index is 1.68. The first-order valence-electron chi connectivity index (χ1n) is 8.65. The summed E-state index contributed by atoms with van der Waals surface area (Å²) in [5, 5.41) is 19.9. The van der Waals surface area contributed by atoms with Crippen molar-refractivity contribution in [3.8, 4) is 6.07 Å². The number of allylic oxidation sites excluding steroid dienone is 1. The fourth-order valence-electron chi connectivity index (χ4n) is 3.05. The number of para-hydroxylation sites is 2. The second-order valence-corrected chi connectivity index (χ2v) is 6.15. The van der Waals surface area contributed by atoms with E-state index in [2.05, 4.69) is 16.0 Å². The zero-order valence-corrected chi connectivity index (χ0v) is 14.7. The number of imidazole rings is 1. The SMILES string of the molecule is CCOC(=O)N1CC[NH+](C/C(O)=C(\C#N)c2nc3ccccc3[nH]2)CC1. The number of piperazine rings is 1. The number of aromatic nitrogens is 2. The normalized spacial score (nSPS) is 16.2. The van der Waals surface area contributed by atoms with Crippen LogP contribution in [-0.4, -0.2) is 65.4 Å². The molecule has 2 heterocycles. The van der Waals surface area contributed by atoms with E-state index >= 15 is 0 Å². The number of hydrogen-bond donors (Lipinski definition) is 3. The van der Waals surface area contributed by atoms with Gasteiger partial charge in [-0.2, -0.15) is 5.26 Å². The van der Waals surface area contributed by atoms with Gasteiger partial charge in [0, 0.05) is 0 Å². The summed E-state index contributed by atoms with van der Waals surface area (Å²) in [7, 11) is 0. The summed E-state index contributed by atoms with van der Waals surface area (Å²) in [5.74, 6) is 0.377. The van der Waals surface area contributed by atoms with Gasteiger partial charge in [-0.15, -0.1) is 0 Å². The van der Waals surface area contributed by atoms with Crippen molar-refractivity contribution in [2.24, 2.45) is 0 Å². The molecular weight excluding hydrogens is 334 g/mol. The van der Waals surface area contributed by atoms with E-state index < -0.39 is 0 Å². The monoisotopic (exact) mass is 356 g/mol. The molecule has 3 rings (SSSR count). The third-order valence-corrected chi connectivity index (χ3v) is 4.44. The molecule has 1 aromatic carbocycles. The van der Waals surface area contributed by atoms with Gasteiger partial charge in [0.2, 0.25) is 0 Å². The van der Waals surface area contributed by atoms with Gasteiger partial charge in [0.15, 0.2) is 11.6 Å². The minimum atomic E-state index is -0.300. The Labute approximate surface area is 151 Å². The number of amides is 1. The van der Waals surface area contributed by atoms with Crippen molar-refractivity contribution in [3.05, 3.63) is 35.8 Å². The molecule has 0 unspecified atom stereocenters. The summed E-state index contributed by atoms with van der Waals surface area (Å²) < 4.78 is 5.00. The van der Waals surface area contributed by atoms with Gasteiger partial charge in [-0.05, 0) is 19.1 Å². The number of quaternary nitrogens is 1. The van der Waals surface area contributed by atoms with E-state index in [9.17, 15) is 15.2 Å². The first-order valence-corrected chi connectivity index (χ1v) is 8.65. The smallest absolute Gasteiger partial charge is 0.410 e. The van der Waals surface area contributed by atoms with E-state index in [4.69, 9.17) is 4.74 Å². The van der Waals surface area contributed by atoms with Crippen LogP contribution in [0.15, 0.2) is 30.0 Å². The highest BCUT2D eigenvalue weighted by molar-refractivity contribution is 5.82. The molecule has 2 aromatic rings. The summed E-state index contributed by atoms with van der Waals surface area (Å²) >= 11 is 0. The summed E-state index contributed by atoms with van der Waals surface area (Å²) in [6.07, 6.45) is -0.300. The summed E-state index contributed by atoms with van der Waals surface area (Å²) in [6, 6.07) is 9.52. The fourth-order valence-corrected chi connectivity index (χ4v) is 3.05. The van der Waals surface area contributed by atoms with Crippen LogP contribution in [0.4, 0.5) is 4.79 Å². The molecule has 0 aliphatic carbocycles. The molecule has 1 amide bonds. The molecule has 0 atom stereocenters. The van der Waals surface area contributed by atoms with E-state index in [-0.39, 0.29) is 17.4 Å². The van der Waals surface area contributed by atoms with Crippen molar-refractivity contribution >= 4 is 22.7 Å². The number of nitriles is 1. The molecule has 26 heavy (non-hydrogen) atoms. The summed E-state index contributed by atoms with van der Waals surface area (Å²) in [4.78, 5) is 22.0. The van der Waals surface area contributed by atoms with Crippen LogP contribution in [0.2, 0.25) is 0 Å². The lowest BCUT2D eigenvalue weighted by molar-refractivity contribution is -0.900. The number of H-pyrrole nitrogens is 1. The van der Waals surface area contributed by atoms with Crippen LogP contribution in [0.25, 0.3) is 16.6 Å². The van der Waals surface area contributed by atoms with E-state index in [1.54, 1.807) is 11.8 Å². The number of rotatable bonds is 4. The fraction of sp³-hybridized carbons (Fsp3) is 0.389. The number of carbonyl (C=O) groups is 1. The number of aliphatic hydroxyl groups excluding tert-OH is 1. The van der Waals surface area contributed by atoms with Gasteiger partial charge in [-0.3, -0.25) is 4.90 Å². The molecule has 1 fully saturated rings. The molecule has 0 spiro atoms. The molecular formula is C18H22N5O3+. The minimum absolute atomic E-state index is 0.00569. The maximum atomic E-state index is 11.7. The molecule has 0 saturated carbocycles. The quantitative estimate of drug-likeness (QED) is 0.553. The lowest BCUT2D eigenvalue weighted by Crippen LogP contribution is -3.15. The molecule has 8 heteroatoms. The predicted octanol–water partition coefficient (Wildman–Crippen LogP) is 0.713. The van der Waals surface area contributed by atoms with Crippen LogP contribution in [0.3, 0.4) is 0 Å². The number of nitrogens with one attached hydrogen (secondary N) is 2. The van der Waals surface area contributed by atoms with Crippen molar-refractivity contribution in [3.63, 3.8) is 0 Å². The van der Waals surface area contributed by atoms with E-state index in [1.807, 2.05) is 24.3 Å². The number of ether oxygens (including phenoxy) is 1. The highest BCUT2D eigenvalue weighted by Gasteiger charge is 2.26. The topological polar surface area (TPSA) is 107 Å². The predicted molar refractivity (Wildman–Crippen MR) is 95.4 cm³/mol. The first-order chi connectivity index (χ1) is 12.6. The Morgan fingerprint density at radius 2 is 2.15 bits per heavy atom. The van der Waals surface area contributed by atoms with E-state index in [0.29, 0.717) is 45.2 Å². The largest absolute Gasteiger partial charge is 0.506 e. The van der Waals surface area contributed by atoms with Crippen LogP contribution in [0, 0.1) is 11.3 Å². The van der Waals surface area contributed by atoms with Crippen molar-refractivity contribution in [1.82, 2.24) is 14.9 Å². The summed E-state index contributed by atoms with van der Waals surface area (Å²) in [6.45, 7) is 4.95. The Bertz CT molecular complexity index is 826. The molecule has 3 N–H and O–H groups in total. The molecule has 1 saturated heterocycles. The Morgan fingerprint density at radius 1 is 1.42 bits per heavy atom. The number of hydrogen-bond acceptors (Lipinski definition) is 5. The zero-order valence-electron chi connectivity index (χ0n) is 14.7. The number of fused-ring (bicyclic) bond motifs is 1. The zero-order chi connectivity index (χ0) is 18.5. The Hall–Kier alpha value is -3.05. The number of nitrogens with zero attached hydrogens (tertiary/aromatic N) is 3. The van der Waals surface area contributed by atoms with Crippen molar-refractivity contribution in [2.75, 3.05) is 39.3 Å². The van der Waals surface area contributed by atoms with Crippen molar-refractivity contribution < 1.29 is 19.5 Å². The summed E-state index contributed by atoms with van der Waals surface area (Å²) in [5.41, 5.74) is 1.72. The number of aromatic amines is 1. The van der Waals surface area contributed by atoms with Crippen molar-refractivity contribution in [2.45, 2.75) is 6.92 Å². The third kappa shape index (κ3) is 3.78. The second kappa shape index (κ2) is 7.89. The number of aliphatic hydroxyl groups is 1. The van der Waals surface area contributed by atoms with Crippen LogP contribution in [-0.2, 0) is 4.74 Å². The van der Waals surface area contributed by atoms with Crippen molar-refractivity contribution in [1.29, 1.82) is 5.26 Å². The molecule has 1 aliphatic heterocycles. The van der Waals surface area contributed by atoms with Crippen LogP contribution in [0.1, 0.15) is 12.7 Å². The molecule has 8 nitrogen and oxygen atoms in total. The Morgan fingerprint density at radius 3 is 2.81 bits per heavy atom. The first kappa shape index (κ1) is 17.8. The lowest BCUT2D eigenvalue weighted by Gasteiger charge is -2.31. The maximum Gasteiger partial charge on any atom is 0.410 e. The minimum Gasteiger partial charge on any atom is -0.506 e. The third-order valence-electron chi connectivity index (χ3n) is 4.44. The average Bonchev–Trinajstić information content (AvgIpc) is 3.06. The van der Waals surface area contributed by atoms with Gasteiger partial charge in [0.25, 0.3) is 0 Å². The van der Waals surface area contributed by atoms with Crippen LogP contribution >= 0.6 is 0 Å². The molecule has 0 bridgehead atoms. The average molecular weight is 356 g/mol. The second-order valence-electron chi connectivity index (χ2n) is 6.15. The molecule has 1 aromatic heterocycles. The van der Waals surface area contributed by atoms with Gasteiger partial charge in [0.05, 0.1) is 43.8 Å². The maximum absolute atomic E-state index is 11.7. The van der Waals surface area contributed by atoms with Crippen LogP contribution < -0.4 is 4.90 Å². The van der Waals surface area contributed by atoms with Gasteiger partial charge >= 0.3 is 6.09 Å². The molecule has 1 aliphatic rings. The standard InChI is InChI=1S/C18H21N5O3/c1-2-26-18(25)23-9-7-22(8-10-23)12-16(24)13(11-19)17-20-14-5-3-4-6-15(14)21-17/h3-6,24H,2,7-10,12H2,1H3,(H,20,21)/p+1/b16-13-. The molecule has 136 valence electrons. The lowest BCUT2D eigenvalue weighted by atomic mass is 10.2. The number of benzene rings is 1. The molecule has 0 radical (unpaired) electrons.